The lowest BCUT2D eigenvalue weighted by atomic mass is 9.91. The van der Waals surface area contributed by atoms with E-state index < -0.39 is 0 Å². The normalized spacial score (nSPS) is 10.3. The van der Waals surface area contributed by atoms with Crippen LogP contribution in [0.15, 0.2) is 35.9 Å². The van der Waals surface area contributed by atoms with E-state index in [-0.39, 0.29) is 0 Å². The smallest absolute Gasteiger partial charge is 0.0225 e. The molecule has 1 rings (SSSR count). The molecule has 1 aromatic rings. The van der Waals surface area contributed by atoms with E-state index in [4.69, 9.17) is 0 Å². The molecule has 0 atom stereocenters. The minimum atomic E-state index is 1.22. The van der Waals surface area contributed by atoms with Gasteiger partial charge in [-0.2, -0.15) is 0 Å². The Kier molecular flexibility index (Phi) is 6.69. The van der Waals surface area contributed by atoms with Crippen molar-refractivity contribution in [2.24, 2.45) is 0 Å². The van der Waals surface area contributed by atoms with Gasteiger partial charge >= 0.3 is 0 Å². The molecule has 0 fully saturated rings. The van der Waals surface area contributed by atoms with Gasteiger partial charge in [0.05, 0.1) is 0 Å². The van der Waals surface area contributed by atoms with Crippen LogP contribution in [-0.4, -0.2) is 0 Å². The number of hydrogen-bond donors (Lipinski definition) is 0. The molecule has 1 aromatic carbocycles. The average molecular weight is 230 g/mol. The van der Waals surface area contributed by atoms with E-state index in [9.17, 15) is 0 Å². The van der Waals surface area contributed by atoms with Crippen LogP contribution in [0.25, 0.3) is 5.57 Å². The molecule has 94 valence electrons. The molecule has 0 heterocycles. The van der Waals surface area contributed by atoms with E-state index in [0.717, 1.165) is 0 Å². The van der Waals surface area contributed by atoms with Crippen LogP contribution in [0.2, 0.25) is 0 Å². The van der Waals surface area contributed by atoms with Crippen molar-refractivity contribution in [3.05, 3.63) is 41.5 Å². The number of allylic oxidation sites excluding steroid dienone is 2. The van der Waals surface area contributed by atoms with Gasteiger partial charge in [-0.15, -0.1) is 0 Å². The van der Waals surface area contributed by atoms with Crippen LogP contribution in [0.4, 0.5) is 0 Å². The molecular formula is C17H26. The van der Waals surface area contributed by atoms with Gasteiger partial charge in [0.1, 0.15) is 0 Å². The minimum absolute atomic E-state index is 1.22. The topological polar surface area (TPSA) is 0 Å². The third-order valence-electron chi connectivity index (χ3n) is 3.15. The molecule has 0 aliphatic heterocycles. The SMILES string of the molecule is CCCC(CCC)=C(CCC)c1ccccc1. The highest BCUT2D eigenvalue weighted by Crippen LogP contribution is 2.29. The Balaban J connectivity index is 3.06. The van der Waals surface area contributed by atoms with Crippen molar-refractivity contribution in [1.82, 2.24) is 0 Å². The highest BCUT2D eigenvalue weighted by Gasteiger charge is 2.07. The summed E-state index contributed by atoms with van der Waals surface area (Å²) in [7, 11) is 0. The monoisotopic (exact) mass is 230 g/mol. The second kappa shape index (κ2) is 8.11. The van der Waals surface area contributed by atoms with Crippen LogP contribution < -0.4 is 0 Å². The molecule has 0 aliphatic rings. The average Bonchev–Trinajstić information content (AvgIpc) is 2.37. The molecular weight excluding hydrogens is 204 g/mol. The summed E-state index contributed by atoms with van der Waals surface area (Å²) >= 11 is 0. The maximum Gasteiger partial charge on any atom is -0.0225 e. The zero-order chi connectivity index (χ0) is 12.5. The van der Waals surface area contributed by atoms with Gasteiger partial charge in [0.25, 0.3) is 0 Å². The maximum atomic E-state index is 2.28. The third-order valence-corrected chi connectivity index (χ3v) is 3.15. The second-order valence-corrected chi connectivity index (χ2v) is 4.70. The highest BCUT2D eigenvalue weighted by atomic mass is 14.1. The minimum Gasteiger partial charge on any atom is -0.0664 e. The molecule has 0 unspecified atom stereocenters. The Morgan fingerprint density at radius 1 is 0.765 bits per heavy atom. The van der Waals surface area contributed by atoms with E-state index in [2.05, 4.69) is 51.1 Å². The molecule has 0 bridgehead atoms. The standard InChI is InChI=1S/C17H26/c1-4-10-15(11-5-2)17(12-6-3)16-13-8-7-9-14-16/h7-9,13-14H,4-6,10-12H2,1-3H3. The largest absolute Gasteiger partial charge is 0.0664 e. The highest BCUT2D eigenvalue weighted by molar-refractivity contribution is 5.68. The van der Waals surface area contributed by atoms with E-state index in [1.807, 2.05) is 0 Å². The number of benzene rings is 1. The summed E-state index contributed by atoms with van der Waals surface area (Å²) in [5.74, 6) is 0. The van der Waals surface area contributed by atoms with Crippen LogP contribution in [0.1, 0.15) is 64.9 Å². The van der Waals surface area contributed by atoms with Crippen molar-refractivity contribution in [3.63, 3.8) is 0 Å². The lowest BCUT2D eigenvalue weighted by molar-refractivity contribution is 0.795. The Hall–Kier alpha value is -1.04. The van der Waals surface area contributed by atoms with Gasteiger partial charge in [-0.3, -0.25) is 0 Å². The first-order valence-electron chi connectivity index (χ1n) is 7.09. The van der Waals surface area contributed by atoms with Gasteiger partial charge in [-0.25, -0.2) is 0 Å². The third kappa shape index (κ3) is 4.38. The van der Waals surface area contributed by atoms with Crippen molar-refractivity contribution in [2.75, 3.05) is 0 Å². The molecule has 0 spiro atoms. The molecule has 17 heavy (non-hydrogen) atoms. The van der Waals surface area contributed by atoms with Crippen LogP contribution in [0.5, 0.6) is 0 Å². The van der Waals surface area contributed by atoms with Gasteiger partial charge in [0.2, 0.25) is 0 Å². The summed E-state index contributed by atoms with van der Waals surface area (Å²) in [5.41, 5.74) is 4.73. The molecule has 0 saturated carbocycles. The van der Waals surface area contributed by atoms with Crippen LogP contribution in [-0.2, 0) is 0 Å². The predicted molar refractivity (Wildman–Crippen MR) is 78.1 cm³/mol. The van der Waals surface area contributed by atoms with E-state index in [1.54, 1.807) is 11.1 Å². The summed E-state index contributed by atoms with van der Waals surface area (Å²) in [6, 6.07) is 10.9. The quantitative estimate of drug-likeness (QED) is 0.552. The van der Waals surface area contributed by atoms with Crippen molar-refractivity contribution in [3.8, 4) is 0 Å². The molecule has 0 N–H and O–H groups in total. The first-order valence-corrected chi connectivity index (χ1v) is 7.09. The Morgan fingerprint density at radius 3 is 1.76 bits per heavy atom. The van der Waals surface area contributed by atoms with E-state index in [1.165, 1.54) is 44.1 Å². The number of hydrogen-bond acceptors (Lipinski definition) is 0. The van der Waals surface area contributed by atoms with Crippen molar-refractivity contribution in [2.45, 2.75) is 59.3 Å². The maximum absolute atomic E-state index is 2.28. The first kappa shape index (κ1) is 14.0. The van der Waals surface area contributed by atoms with Gasteiger partial charge < -0.3 is 0 Å². The van der Waals surface area contributed by atoms with Crippen molar-refractivity contribution < 1.29 is 0 Å². The second-order valence-electron chi connectivity index (χ2n) is 4.70. The van der Waals surface area contributed by atoms with E-state index >= 15 is 0 Å². The molecule has 0 aliphatic carbocycles. The van der Waals surface area contributed by atoms with Crippen molar-refractivity contribution >= 4 is 5.57 Å². The molecule has 0 radical (unpaired) electrons. The zero-order valence-corrected chi connectivity index (χ0v) is 11.6. The fraction of sp³-hybridized carbons (Fsp3) is 0.529. The lowest BCUT2D eigenvalue weighted by Gasteiger charge is -2.15. The Labute approximate surface area is 107 Å². The molecule has 0 nitrogen and oxygen atoms in total. The fourth-order valence-electron chi connectivity index (χ4n) is 2.44. The molecule has 0 saturated heterocycles. The summed E-state index contributed by atoms with van der Waals surface area (Å²) < 4.78 is 0. The molecule has 0 amide bonds. The summed E-state index contributed by atoms with van der Waals surface area (Å²) in [6.45, 7) is 6.84. The van der Waals surface area contributed by atoms with Crippen LogP contribution in [0.3, 0.4) is 0 Å². The van der Waals surface area contributed by atoms with Gasteiger partial charge in [-0.1, -0.05) is 75.9 Å². The zero-order valence-electron chi connectivity index (χ0n) is 11.6. The fourth-order valence-corrected chi connectivity index (χ4v) is 2.44. The number of rotatable bonds is 7. The Bertz CT molecular complexity index is 324. The summed E-state index contributed by atoms with van der Waals surface area (Å²) in [6.07, 6.45) is 7.50. The van der Waals surface area contributed by atoms with Gasteiger partial charge in [0, 0.05) is 0 Å². The van der Waals surface area contributed by atoms with Crippen molar-refractivity contribution in [1.29, 1.82) is 0 Å². The summed E-state index contributed by atoms with van der Waals surface area (Å²) in [4.78, 5) is 0. The molecule has 0 heteroatoms. The van der Waals surface area contributed by atoms with Crippen LogP contribution in [0, 0.1) is 0 Å². The first-order chi connectivity index (χ1) is 8.33. The Morgan fingerprint density at radius 2 is 1.29 bits per heavy atom. The molecule has 0 aromatic heterocycles. The lowest BCUT2D eigenvalue weighted by Crippen LogP contribution is -1.93. The van der Waals surface area contributed by atoms with Gasteiger partial charge in [-0.05, 0) is 30.4 Å². The van der Waals surface area contributed by atoms with Gasteiger partial charge in [0.15, 0.2) is 0 Å². The predicted octanol–water partition coefficient (Wildman–Crippen LogP) is 5.84. The summed E-state index contributed by atoms with van der Waals surface area (Å²) in [5, 5.41) is 0. The van der Waals surface area contributed by atoms with E-state index in [0.29, 0.717) is 0 Å². The van der Waals surface area contributed by atoms with Crippen LogP contribution >= 0.6 is 0 Å².